The molecule has 9 nitrogen and oxygen atoms in total. The first-order chi connectivity index (χ1) is 27.9. The zero-order valence-electron chi connectivity index (χ0n) is 32.0. The fourth-order valence-corrected chi connectivity index (χ4v) is 11.8. The molecule has 0 spiro atoms. The van der Waals surface area contributed by atoms with Crippen LogP contribution in [-0.4, -0.2) is 60.7 Å². The van der Waals surface area contributed by atoms with Crippen LogP contribution >= 0.6 is 46.0 Å². The number of piperidine rings is 1. The minimum absolute atomic E-state index is 0.211. The van der Waals surface area contributed by atoms with Crippen LogP contribution < -0.4 is 10.0 Å². The molecule has 2 N–H and O–H groups in total. The van der Waals surface area contributed by atoms with Crippen molar-refractivity contribution in [3.63, 3.8) is 0 Å². The van der Waals surface area contributed by atoms with Gasteiger partial charge in [0.25, 0.3) is 5.91 Å². The molecule has 290 valence electrons. The number of hydrogen-bond acceptors (Lipinski definition) is 10. The van der Waals surface area contributed by atoms with Crippen molar-refractivity contribution in [1.29, 1.82) is 0 Å². The molecular formula is C44H44N8OS4. The maximum Gasteiger partial charge on any atom is 0.277 e. The first-order valence-electron chi connectivity index (χ1n) is 19.8. The van der Waals surface area contributed by atoms with Gasteiger partial charge in [-0.2, -0.15) is 5.10 Å². The summed E-state index contributed by atoms with van der Waals surface area (Å²) in [4.78, 5) is 24.7. The van der Waals surface area contributed by atoms with Crippen LogP contribution in [-0.2, 0) is 26.2 Å². The van der Waals surface area contributed by atoms with Crippen LogP contribution in [0, 0.1) is 6.92 Å². The van der Waals surface area contributed by atoms with Crippen molar-refractivity contribution < 1.29 is 4.79 Å². The molecule has 10 rings (SSSR count). The molecule has 0 atom stereocenters. The highest BCUT2D eigenvalue weighted by molar-refractivity contribution is 8.02. The Morgan fingerprint density at radius 1 is 0.930 bits per heavy atom. The summed E-state index contributed by atoms with van der Waals surface area (Å²) in [6.07, 6.45) is 3.31. The van der Waals surface area contributed by atoms with Gasteiger partial charge in [-0.1, -0.05) is 35.6 Å². The van der Waals surface area contributed by atoms with Crippen molar-refractivity contribution in [1.82, 2.24) is 29.1 Å². The maximum atomic E-state index is 13.4. The number of thiophene rings is 2. The summed E-state index contributed by atoms with van der Waals surface area (Å²) in [7, 11) is 0. The van der Waals surface area contributed by atoms with Crippen molar-refractivity contribution in [2.45, 2.75) is 69.5 Å². The van der Waals surface area contributed by atoms with Crippen LogP contribution in [0.15, 0.2) is 93.8 Å². The van der Waals surface area contributed by atoms with Gasteiger partial charge in [-0.15, -0.1) is 22.7 Å². The van der Waals surface area contributed by atoms with Crippen LogP contribution in [0.1, 0.15) is 53.5 Å². The number of aryl methyl sites for hydroxylation is 3. The van der Waals surface area contributed by atoms with E-state index in [4.69, 9.17) is 5.10 Å². The smallest absolute Gasteiger partial charge is 0.277 e. The van der Waals surface area contributed by atoms with E-state index in [1.165, 1.54) is 58.9 Å². The number of amides is 1. The Morgan fingerprint density at radius 2 is 1.84 bits per heavy atom. The predicted octanol–water partition coefficient (Wildman–Crippen LogP) is 11.0. The highest BCUT2D eigenvalue weighted by Crippen LogP contribution is 2.36. The van der Waals surface area contributed by atoms with Gasteiger partial charge in [-0.25, -0.2) is 4.98 Å². The van der Waals surface area contributed by atoms with Crippen molar-refractivity contribution in [3.05, 3.63) is 112 Å². The molecule has 0 unspecified atom stereocenters. The number of nitrogens with one attached hydrogen (secondary N) is 2. The molecule has 5 aromatic heterocycles. The largest absolute Gasteiger partial charge is 0.341 e. The number of rotatable bonds is 10. The summed E-state index contributed by atoms with van der Waals surface area (Å²) in [5.41, 5.74) is 10.1. The van der Waals surface area contributed by atoms with E-state index in [9.17, 15) is 4.79 Å². The lowest BCUT2D eigenvalue weighted by atomic mass is 10.0. The first-order valence-corrected chi connectivity index (χ1v) is 23.1. The molecule has 0 bridgehead atoms. The Morgan fingerprint density at radius 3 is 2.67 bits per heavy atom. The van der Waals surface area contributed by atoms with Crippen molar-refractivity contribution >= 4 is 94.7 Å². The Labute approximate surface area is 348 Å². The molecule has 0 saturated carbocycles. The number of thiazole rings is 1. The van der Waals surface area contributed by atoms with Crippen molar-refractivity contribution in [2.24, 2.45) is 0 Å². The van der Waals surface area contributed by atoms with Gasteiger partial charge in [0.1, 0.15) is 0 Å². The van der Waals surface area contributed by atoms with Gasteiger partial charge in [0.15, 0.2) is 10.8 Å². The minimum atomic E-state index is -0.211. The lowest BCUT2D eigenvalue weighted by Crippen LogP contribution is -2.44. The molecule has 3 aromatic carbocycles. The Bertz CT molecular complexity index is 2720. The Balaban J connectivity index is 0.765. The van der Waals surface area contributed by atoms with E-state index in [1.54, 1.807) is 23.3 Å². The number of carbonyl (C=O) groups is 1. The quantitative estimate of drug-likeness (QED) is 0.133. The average molecular weight is 829 g/mol. The molecule has 57 heavy (non-hydrogen) atoms. The van der Waals surface area contributed by atoms with Gasteiger partial charge in [-0.3, -0.25) is 24.6 Å². The lowest BCUT2D eigenvalue weighted by Gasteiger charge is -2.38. The van der Waals surface area contributed by atoms with Crippen LogP contribution in [0.2, 0.25) is 0 Å². The summed E-state index contributed by atoms with van der Waals surface area (Å²) in [6.45, 7) is 11.2. The summed E-state index contributed by atoms with van der Waals surface area (Å²) in [5.74, 6) is -0.211. The number of anilines is 2. The topological polar surface area (TPSA) is 83.2 Å². The van der Waals surface area contributed by atoms with E-state index in [0.717, 1.165) is 86.7 Å². The monoisotopic (exact) mass is 828 g/mol. The van der Waals surface area contributed by atoms with Crippen LogP contribution in [0.5, 0.6) is 0 Å². The average Bonchev–Trinajstić information content (AvgIpc) is 4.07. The molecular weight excluding hydrogens is 785 g/mol. The normalized spacial score (nSPS) is 15.8. The second-order valence-corrected chi connectivity index (χ2v) is 19.2. The van der Waals surface area contributed by atoms with Crippen molar-refractivity contribution in [3.8, 4) is 10.4 Å². The van der Waals surface area contributed by atoms with Crippen LogP contribution in [0.4, 0.5) is 10.8 Å². The summed E-state index contributed by atoms with van der Waals surface area (Å²) in [6, 6.07) is 29.1. The molecule has 0 radical (unpaired) electrons. The van der Waals surface area contributed by atoms with E-state index in [1.807, 2.05) is 40.3 Å². The van der Waals surface area contributed by atoms with Gasteiger partial charge in [-0.05, 0) is 140 Å². The van der Waals surface area contributed by atoms with E-state index in [-0.39, 0.29) is 5.91 Å². The number of fused-ring (bicyclic) bond motifs is 5. The summed E-state index contributed by atoms with van der Waals surface area (Å²) < 4.78 is 10.1. The first kappa shape index (κ1) is 36.8. The molecule has 1 fully saturated rings. The third-order valence-corrected chi connectivity index (χ3v) is 15.3. The molecule has 2 aliphatic heterocycles. The zero-order valence-corrected chi connectivity index (χ0v) is 35.3. The summed E-state index contributed by atoms with van der Waals surface area (Å²) in [5, 5.41) is 15.4. The molecule has 8 aromatic rings. The van der Waals surface area contributed by atoms with E-state index >= 15 is 0 Å². The number of nitrogens with zero attached hydrogens (tertiary/aromatic N) is 6. The third kappa shape index (κ3) is 7.52. The number of carbonyl (C=O) groups excluding carboxylic acids is 1. The highest BCUT2D eigenvalue weighted by atomic mass is 32.2. The molecule has 1 saturated heterocycles. The lowest BCUT2D eigenvalue weighted by molar-refractivity contribution is 0.0998. The van der Waals surface area contributed by atoms with Gasteiger partial charge >= 0.3 is 0 Å². The van der Waals surface area contributed by atoms with Gasteiger partial charge in [0, 0.05) is 71.1 Å². The van der Waals surface area contributed by atoms with Gasteiger partial charge in [0.05, 0.1) is 20.1 Å². The summed E-state index contributed by atoms with van der Waals surface area (Å²) >= 11 is 6.61. The number of aromatic nitrogens is 4. The highest BCUT2D eigenvalue weighted by Gasteiger charge is 2.28. The number of hydrogen-bond donors (Lipinski definition) is 2. The fourth-order valence-electron chi connectivity index (χ4n) is 8.57. The van der Waals surface area contributed by atoms with E-state index in [2.05, 4.69) is 109 Å². The Kier molecular flexibility index (Phi) is 10.1. The fraction of sp³-hybridized carbons (Fsp3) is 0.295. The van der Waals surface area contributed by atoms with Gasteiger partial charge < -0.3 is 9.29 Å². The standard InChI is InChI=1S/C44H44N8OS4/c1-3-51-38-12-7-29(21-35(38)34-10-8-30(22-39(34)51)40-20-28(2)27-55-40)25-49-17-13-32(14-18-49)50-15-5-16-52-33(26-50)24-37(47-52)43(53)46-44-45-36-11-9-31(23-41(36)56-44)48-57-42-6-4-19-54-42/h4,6-12,19-24,27,32,48H,3,5,13-18,25-26H2,1-2H3,(H,45,46,53). The molecule has 1 amide bonds. The Hall–Kier alpha value is -4.50. The maximum absolute atomic E-state index is 13.4. The van der Waals surface area contributed by atoms with Gasteiger partial charge in [0.2, 0.25) is 0 Å². The number of likely N-dealkylation sites (tertiary alicyclic amines) is 1. The molecule has 0 aliphatic carbocycles. The SMILES string of the molecule is CCn1c2ccc(CN3CCC(N4CCCn5nc(C(=O)Nc6nc7ccc(NSc8cccs8)cc7s6)cc5C4)CC3)cc2c2ccc(-c3cc(C)cs3)cc21. The molecule has 13 heteroatoms. The second kappa shape index (κ2) is 15.7. The van der Waals surface area contributed by atoms with Crippen LogP contribution in [0.25, 0.3) is 42.5 Å². The second-order valence-electron chi connectivity index (χ2n) is 15.2. The zero-order chi connectivity index (χ0) is 38.5. The van der Waals surface area contributed by atoms with Crippen LogP contribution in [0.3, 0.4) is 0 Å². The third-order valence-electron chi connectivity index (χ3n) is 11.4. The number of benzene rings is 3. The van der Waals surface area contributed by atoms with E-state index < -0.39 is 0 Å². The molecule has 2 aliphatic rings. The van der Waals surface area contributed by atoms with E-state index in [0.29, 0.717) is 16.9 Å². The predicted molar refractivity (Wildman–Crippen MR) is 240 cm³/mol. The molecule has 7 heterocycles. The minimum Gasteiger partial charge on any atom is -0.341 e. The van der Waals surface area contributed by atoms with Crippen molar-refractivity contribution in [2.75, 3.05) is 29.7 Å².